The van der Waals surface area contributed by atoms with Crippen LogP contribution in [0, 0.1) is 5.92 Å². The number of carbonyl (C=O) groups excluding carboxylic acids is 1. The van der Waals surface area contributed by atoms with Gasteiger partial charge in [0.25, 0.3) is 5.91 Å². The monoisotopic (exact) mass is 318 g/mol. The van der Waals surface area contributed by atoms with Gasteiger partial charge in [-0.2, -0.15) is 0 Å². The van der Waals surface area contributed by atoms with Crippen molar-refractivity contribution in [1.82, 2.24) is 9.88 Å². The van der Waals surface area contributed by atoms with E-state index in [4.69, 9.17) is 33.0 Å². The highest BCUT2D eigenvalue weighted by Crippen LogP contribution is 2.23. The molecule has 1 aliphatic heterocycles. The molecule has 0 saturated carbocycles. The molecule has 1 saturated heterocycles. The first-order valence-corrected chi connectivity index (χ1v) is 6.57. The smallest absolute Gasteiger partial charge is 0.311 e. The number of halogens is 2. The second-order valence-corrected chi connectivity index (χ2v) is 5.18. The Hall–Kier alpha value is -1.37. The van der Waals surface area contributed by atoms with Crippen LogP contribution in [0.2, 0.25) is 10.3 Å². The second-order valence-electron chi connectivity index (χ2n) is 4.44. The highest BCUT2D eigenvalue weighted by atomic mass is 35.5. The first-order chi connectivity index (χ1) is 9.41. The predicted octanol–water partition coefficient (Wildman–Crippen LogP) is 1.56. The van der Waals surface area contributed by atoms with E-state index >= 15 is 0 Å². The lowest BCUT2D eigenvalue weighted by Crippen LogP contribution is -2.44. The standard InChI is InChI=1S/C12H12Cl2N2O4/c1-16(8-5-20-4-7(8)12(18)19)11(17)6-2-3-9(13)15-10(6)14/h2-3,7-8H,4-5H2,1H3,(H,18,19). The fourth-order valence-electron chi connectivity index (χ4n) is 2.07. The quantitative estimate of drug-likeness (QED) is 0.855. The number of pyridine rings is 1. The van der Waals surface area contributed by atoms with Crippen LogP contribution in [0.25, 0.3) is 0 Å². The summed E-state index contributed by atoms with van der Waals surface area (Å²) in [6, 6.07) is 2.38. The van der Waals surface area contributed by atoms with Gasteiger partial charge >= 0.3 is 5.97 Å². The first-order valence-electron chi connectivity index (χ1n) is 5.81. The van der Waals surface area contributed by atoms with Gasteiger partial charge in [0.05, 0.1) is 24.8 Å². The lowest BCUT2D eigenvalue weighted by Gasteiger charge is -2.26. The minimum absolute atomic E-state index is 0.0138. The normalized spacial score (nSPS) is 21.8. The fraction of sp³-hybridized carbons (Fsp3) is 0.417. The van der Waals surface area contributed by atoms with E-state index in [9.17, 15) is 9.59 Å². The van der Waals surface area contributed by atoms with Crippen LogP contribution >= 0.6 is 23.2 Å². The van der Waals surface area contributed by atoms with Crippen LogP contribution < -0.4 is 0 Å². The van der Waals surface area contributed by atoms with E-state index < -0.39 is 23.8 Å². The third-order valence-electron chi connectivity index (χ3n) is 3.23. The number of amides is 1. The highest BCUT2D eigenvalue weighted by molar-refractivity contribution is 6.34. The van der Waals surface area contributed by atoms with Gasteiger partial charge in [-0.3, -0.25) is 9.59 Å². The van der Waals surface area contributed by atoms with Crippen LogP contribution in [0.15, 0.2) is 12.1 Å². The number of carboxylic acid groups (broad SMARTS) is 1. The summed E-state index contributed by atoms with van der Waals surface area (Å²) < 4.78 is 5.14. The molecule has 2 rings (SSSR count). The molecular formula is C12H12Cl2N2O4. The predicted molar refractivity (Wildman–Crippen MR) is 72.1 cm³/mol. The van der Waals surface area contributed by atoms with Gasteiger partial charge in [-0.25, -0.2) is 4.98 Å². The third kappa shape index (κ3) is 2.87. The van der Waals surface area contributed by atoms with E-state index in [0.29, 0.717) is 0 Å². The number of aliphatic carboxylic acids is 1. The van der Waals surface area contributed by atoms with E-state index in [1.54, 1.807) is 0 Å². The number of carboxylic acids is 1. The number of ether oxygens (including phenoxy) is 1. The van der Waals surface area contributed by atoms with Crippen molar-refractivity contribution >= 4 is 35.1 Å². The average Bonchev–Trinajstić information content (AvgIpc) is 2.86. The van der Waals surface area contributed by atoms with Gasteiger partial charge in [-0.1, -0.05) is 23.2 Å². The Labute approximate surface area is 125 Å². The number of aromatic nitrogens is 1. The molecule has 2 heterocycles. The molecule has 2 atom stereocenters. The number of nitrogens with zero attached hydrogens (tertiary/aromatic N) is 2. The molecule has 8 heteroatoms. The lowest BCUT2D eigenvalue weighted by atomic mass is 10.0. The Morgan fingerprint density at radius 1 is 1.40 bits per heavy atom. The van der Waals surface area contributed by atoms with E-state index in [1.807, 2.05) is 0 Å². The van der Waals surface area contributed by atoms with Crippen molar-refractivity contribution in [2.45, 2.75) is 6.04 Å². The Morgan fingerprint density at radius 3 is 2.70 bits per heavy atom. The summed E-state index contributed by atoms with van der Waals surface area (Å²) in [4.78, 5) is 28.6. The van der Waals surface area contributed by atoms with E-state index in [-0.39, 0.29) is 29.1 Å². The maximum atomic E-state index is 12.3. The van der Waals surface area contributed by atoms with Gasteiger partial charge in [0.2, 0.25) is 0 Å². The minimum atomic E-state index is -0.993. The molecule has 1 amide bonds. The largest absolute Gasteiger partial charge is 0.481 e. The van der Waals surface area contributed by atoms with Crippen LogP contribution in [0.5, 0.6) is 0 Å². The summed E-state index contributed by atoms with van der Waals surface area (Å²) >= 11 is 11.6. The van der Waals surface area contributed by atoms with Gasteiger partial charge in [0.15, 0.2) is 0 Å². The molecule has 108 valence electrons. The molecule has 0 radical (unpaired) electrons. The molecular weight excluding hydrogens is 307 g/mol. The highest BCUT2D eigenvalue weighted by Gasteiger charge is 2.39. The van der Waals surface area contributed by atoms with Crippen molar-refractivity contribution < 1.29 is 19.4 Å². The van der Waals surface area contributed by atoms with Gasteiger partial charge < -0.3 is 14.7 Å². The molecule has 1 aliphatic rings. The molecule has 0 spiro atoms. The Kier molecular flexibility index (Phi) is 4.47. The summed E-state index contributed by atoms with van der Waals surface area (Å²) in [7, 11) is 1.52. The first kappa shape index (κ1) is 15.0. The average molecular weight is 319 g/mol. The molecule has 1 N–H and O–H groups in total. The summed E-state index contributed by atoms with van der Waals surface area (Å²) in [6.45, 7) is 0.266. The van der Waals surface area contributed by atoms with Crippen LogP contribution in [0.1, 0.15) is 10.4 Å². The molecule has 20 heavy (non-hydrogen) atoms. The zero-order chi connectivity index (χ0) is 14.9. The second kappa shape index (κ2) is 5.95. The lowest BCUT2D eigenvalue weighted by molar-refractivity contribution is -0.142. The Bertz CT molecular complexity index is 552. The molecule has 1 fully saturated rings. The number of hydrogen-bond donors (Lipinski definition) is 1. The number of hydrogen-bond acceptors (Lipinski definition) is 4. The van der Waals surface area contributed by atoms with Crippen molar-refractivity contribution in [2.75, 3.05) is 20.3 Å². The topological polar surface area (TPSA) is 79.7 Å². The van der Waals surface area contributed by atoms with Crippen molar-refractivity contribution in [3.63, 3.8) is 0 Å². The number of carbonyl (C=O) groups is 2. The van der Waals surface area contributed by atoms with E-state index in [0.717, 1.165) is 0 Å². The Balaban J connectivity index is 2.22. The fourth-order valence-corrected chi connectivity index (χ4v) is 2.50. The van der Waals surface area contributed by atoms with E-state index in [2.05, 4.69) is 4.98 Å². The van der Waals surface area contributed by atoms with E-state index in [1.165, 1.54) is 24.1 Å². The van der Waals surface area contributed by atoms with Crippen molar-refractivity contribution in [3.05, 3.63) is 28.0 Å². The number of rotatable bonds is 3. The van der Waals surface area contributed by atoms with Gasteiger partial charge in [0.1, 0.15) is 16.2 Å². The van der Waals surface area contributed by atoms with Crippen molar-refractivity contribution in [2.24, 2.45) is 5.92 Å². The number of likely N-dealkylation sites (N-methyl/N-ethyl adjacent to an activating group) is 1. The molecule has 1 aromatic rings. The van der Waals surface area contributed by atoms with Crippen molar-refractivity contribution in [1.29, 1.82) is 0 Å². The van der Waals surface area contributed by atoms with Crippen LogP contribution in [0.3, 0.4) is 0 Å². The molecule has 6 nitrogen and oxygen atoms in total. The molecule has 0 bridgehead atoms. The third-order valence-corrected chi connectivity index (χ3v) is 3.73. The van der Waals surface area contributed by atoms with Gasteiger partial charge in [0, 0.05) is 7.05 Å². The molecule has 0 aliphatic carbocycles. The van der Waals surface area contributed by atoms with Gasteiger partial charge in [-0.15, -0.1) is 0 Å². The summed E-state index contributed by atoms with van der Waals surface area (Å²) in [5.41, 5.74) is 0.176. The molecule has 1 aromatic heterocycles. The zero-order valence-electron chi connectivity index (χ0n) is 10.5. The summed E-state index contributed by atoms with van der Waals surface area (Å²) in [5.74, 6) is -2.16. The summed E-state index contributed by atoms with van der Waals surface area (Å²) in [6.07, 6.45) is 0. The summed E-state index contributed by atoms with van der Waals surface area (Å²) in [5, 5.41) is 9.27. The molecule has 0 aromatic carbocycles. The van der Waals surface area contributed by atoms with Crippen LogP contribution in [-0.4, -0.2) is 53.2 Å². The maximum absolute atomic E-state index is 12.3. The SMILES string of the molecule is CN(C(=O)c1ccc(Cl)nc1Cl)C1COCC1C(=O)O. The van der Waals surface area contributed by atoms with Gasteiger partial charge in [-0.05, 0) is 12.1 Å². The molecule has 2 unspecified atom stereocenters. The maximum Gasteiger partial charge on any atom is 0.311 e. The Morgan fingerprint density at radius 2 is 2.10 bits per heavy atom. The van der Waals surface area contributed by atoms with Crippen LogP contribution in [-0.2, 0) is 9.53 Å². The zero-order valence-corrected chi connectivity index (χ0v) is 12.1. The van der Waals surface area contributed by atoms with Crippen molar-refractivity contribution in [3.8, 4) is 0 Å². The minimum Gasteiger partial charge on any atom is -0.481 e. The van der Waals surface area contributed by atoms with Crippen LogP contribution in [0.4, 0.5) is 0 Å².